The van der Waals surface area contributed by atoms with Crippen molar-refractivity contribution in [3.63, 3.8) is 0 Å². The molecule has 0 aliphatic carbocycles. The number of rotatable bonds is 6. The SMILES string of the molecule is CC(NC(=O)c1cccc(S(=O)(=O)N2CCN(c3ccc(F)cc3)CC2)c1)c1ccccn1. The van der Waals surface area contributed by atoms with Crippen LogP contribution in [0.25, 0.3) is 0 Å². The minimum atomic E-state index is -3.76. The summed E-state index contributed by atoms with van der Waals surface area (Å²) in [6.07, 6.45) is 1.65. The zero-order valence-corrected chi connectivity index (χ0v) is 19.0. The smallest absolute Gasteiger partial charge is 0.251 e. The minimum Gasteiger partial charge on any atom is -0.369 e. The average molecular weight is 469 g/mol. The zero-order valence-electron chi connectivity index (χ0n) is 18.2. The molecule has 1 amide bonds. The van der Waals surface area contributed by atoms with Crippen molar-refractivity contribution < 1.29 is 17.6 Å². The van der Waals surface area contributed by atoms with Gasteiger partial charge in [-0.2, -0.15) is 4.31 Å². The largest absolute Gasteiger partial charge is 0.369 e. The van der Waals surface area contributed by atoms with Crippen LogP contribution in [0.5, 0.6) is 0 Å². The first-order valence-electron chi connectivity index (χ1n) is 10.7. The highest BCUT2D eigenvalue weighted by Gasteiger charge is 2.29. The first-order valence-corrected chi connectivity index (χ1v) is 12.1. The standard InChI is InChI=1S/C24H25FN4O3S/c1-18(23-7-2-3-12-26-23)27-24(30)19-5-4-6-22(17-19)33(31,32)29-15-13-28(14-16-29)21-10-8-20(25)9-11-21/h2-12,17-18H,13-16H2,1H3,(H,27,30). The van der Waals surface area contributed by atoms with Crippen molar-refractivity contribution in [3.8, 4) is 0 Å². The predicted octanol–water partition coefficient (Wildman–Crippen LogP) is 3.22. The molecular formula is C24H25FN4O3S. The van der Waals surface area contributed by atoms with Gasteiger partial charge >= 0.3 is 0 Å². The van der Waals surface area contributed by atoms with Gasteiger partial charge in [0.15, 0.2) is 0 Å². The van der Waals surface area contributed by atoms with E-state index in [-0.39, 0.29) is 28.2 Å². The molecule has 2 heterocycles. The molecule has 1 aromatic heterocycles. The minimum absolute atomic E-state index is 0.0795. The molecule has 7 nitrogen and oxygen atoms in total. The summed E-state index contributed by atoms with van der Waals surface area (Å²) in [7, 11) is -3.76. The molecule has 1 aliphatic rings. The number of benzene rings is 2. The maximum absolute atomic E-state index is 13.2. The number of nitrogens with one attached hydrogen (secondary N) is 1. The number of hydrogen-bond acceptors (Lipinski definition) is 5. The second kappa shape index (κ2) is 9.68. The molecule has 4 rings (SSSR count). The number of amides is 1. The monoisotopic (exact) mass is 468 g/mol. The van der Waals surface area contributed by atoms with Crippen LogP contribution in [0.2, 0.25) is 0 Å². The van der Waals surface area contributed by atoms with Crippen molar-refractivity contribution in [2.45, 2.75) is 17.9 Å². The Bertz CT molecular complexity index is 1210. The van der Waals surface area contributed by atoms with E-state index in [1.165, 1.54) is 28.6 Å². The number of hydrogen-bond donors (Lipinski definition) is 1. The van der Waals surface area contributed by atoms with E-state index in [1.54, 1.807) is 36.5 Å². The van der Waals surface area contributed by atoms with Gasteiger partial charge in [0.05, 0.1) is 16.6 Å². The Labute approximate surface area is 192 Å². The van der Waals surface area contributed by atoms with Crippen LogP contribution in [0.4, 0.5) is 10.1 Å². The Morgan fingerprint density at radius 3 is 2.39 bits per heavy atom. The molecule has 2 aromatic carbocycles. The van der Waals surface area contributed by atoms with Crippen LogP contribution in [-0.2, 0) is 10.0 Å². The third kappa shape index (κ3) is 5.20. The fraction of sp³-hybridized carbons (Fsp3) is 0.250. The molecule has 0 spiro atoms. The quantitative estimate of drug-likeness (QED) is 0.601. The molecule has 33 heavy (non-hydrogen) atoms. The molecule has 1 unspecified atom stereocenters. The first-order chi connectivity index (χ1) is 15.8. The fourth-order valence-electron chi connectivity index (χ4n) is 3.77. The van der Waals surface area contributed by atoms with Crippen molar-refractivity contribution in [1.82, 2.24) is 14.6 Å². The Morgan fingerprint density at radius 1 is 1.00 bits per heavy atom. The zero-order chi connectivity index (χ0) is 23.4. The summed E-state index contributed by atoms with van der Waals surface area (Å²) < 4.78 is 41.0. The van der Waals surface area contributed by atoms with Crippen LogP contribution in [0.1, 0.15) is 29.0 Å². The van der Waals surface area contributed by atoms with Crippen molar-refractivity contribution in [1.29, 1.82) is 0 Å². The second-order valence-electron chi connectivity index (χ2n) is 7.85. The van der Waals surface area contributed by atoms with Crippen LogP contribution in [0, 0.1) is 5.82 Å². The van der Waals surface area contributed by atoms with Crippen LogP contribution in [0.15, 0.2) is 77.8 Å². The van der Waals surface area contributed by atoms with Gasteiger partial charge in [0.1, 0.15) is 5.82 Å². The van der Waals surface area contributed by atoms with Gasteiger partial charge in [0.25, 0.3) is 5.91 Å². The molecule has 0 radical (unpaired) electrons. The second-order valence-corrected chi connectivity index (χ2v) is 9.78. The van der Waals surface area contributed by atoms with Crippen LogP contribution >= 0.6 is 0 Å². The third-order valence-corrected chi connectivity index (χ3v) is 7.54. The highest BCUT2D eigenvalue weighted by Crippen LogP contribution is 2.22. The van der Waals surface area contributed by atoms with E-state index in [1.807, 2.05) is 24.0 Å². The van der Waals surface area contributed by atoms with Gasteiger partial charge in [-0.15, -0.1) is 0 Å². The van der Waals surface area contributed by atoms with E-state index in [2.05, 4.69) is 10.3 Å². The van der Waals surface area contributed by atoms with Gasteiger partial charge in [0.2, 0.25) is 10.0 Å². The molecule has 3 aromatic rings. The van der Waals surface area contributed by atoms with Gasteiger partial charge < -0.3 is 10.2 Å². The van der Waals surface area contributed by atoms with E-state index in [4.69, 9.17) is 0 Å². The Morgan fingerprint density at radius 2 is 1.73 bits per heavy atom. The maximum Gasteiger partial charge on any atom is 0.251 e. The van der Waals surface area contributed by atoms with E-state index in [0.29, 0.717) is 31.9 Å². The molecule has 1 aliphatic heterocycles. The number of carbonyl (C=O) groups excluding carboxylic acids is 1. The van der Waals surface area contributed by atoms with Crippen LogP contribution in [0.3, 0.4) is 0 Å². The summed E-state index contributed by atoms with van der Waals surface area (Å²) in [5, 5.41) is 2.86. The summed E-state index contributed by atoms with van der Waals surface area (Å²) in [6.45, 7) is 3.40. The fourth-order valence-corrected chi connectivity index (χ4v) is 5.24. The molecule has 0 bridgehead atoms. The number of piperazine rings is 1. The highest BCUT2D eigenvalue weighted by atomic mass is 32.2. The van der Waals surface area contributed by atoms with Crippen LogP contribution < -0.4 is 10.2 Å². The average Bonchev–Trinajstić information content (AvgIpc) is 2.85. The van der Waals surface area contributed by atoms with Crippen molar-refractivity contribution in [2.24, 2.45) is 0 Å². The molecule has 1 N–H and O–H groups in total. The van der Waals surface area contributed by atoms with Gasteiger partial charge in [-0.05, 0) is 61.5 Å². The molecule has 1 fully saturated rings. The lowest BCUT2D eigenvalue weighted by Gasteiger charge is -2.35. The molecule has 0 saturated carbocycles. The lowest BCUT2D eigenvalue weighted by atomic mass is 10.1. The number of nitrogens with zero attached hydrogens (tertiary/aromatic N) is 3. The van der Waals surface area contributed by atoms with Crippen molar-refractivity contribution in [2.75, 3.05) is 31.1 Å². The highest BCUT2D eigenvalue weighted by molar-refractivity contribution is 7.89. The first kappa shape index (κ1) is 22.9. The van der Waals surface area contributed by atoms with E-state index in [0.717, 1.165) is 5.69 Å². The Balaban J connectivity index is 1.44. The normalized spacial score (nSPS) is 15.8. The maximum atomic E-state index is 13.2. The molecule has 1 atom stereocenters. The summed E-state index contributed by atoms with van der Waals surface area (Å²) in [4.78, 5) is 19.1. The van der Waals surface area contributed by atoms with Gasteiger partial charge in [0, 0.05) is 43.6 Å². The third-order valence-electron chi connectivity index (χ3n) is 5.64. The van der Waals surface area contributed by atoms with Gasteiger partial charge in [-0.25, -0.2) is 12.8 Å². The Kier molecular flexibility index (Phi) is 6.71. The number of pyridine rings is 1. The number of anilines is 1. The van der Waals surface area contributed by atoms with Gasteiger partial charge in [-0.3, -0.25) is 9.78 Å². The lowest BCUT2D eigenvalue weighted by molar-refractivity contribution is 0.0939. The molecular weight excluding hydrogens is 443 g/mol. The van der Waals surface area contributed by atoms with E-state index >= 15 is 0 Å². The topological polar surface area (TPSA) is 82.6 Å². The molecule has 1 saturated heterocycles. The summed E-state index contributed by atoms with van der Waals surface area (Å²) in [5.74, 6) is -0.676. The number of halogens is 1. The Hall–Kier alpha value is -3.30. The predicted molar refractivity (Wildman–Crippen MR) is 124 cm³/mol. The summed E-state index contributed by atoms with van der Waals surface area (Å²) in [6, 6.07) is 17.4. The van der Waals surface area contributed by atoms with Gasteiger partial charge in [-0.1, -0.05) is 12.1 Å². The van der Waals surface area contributed by atoms with Crippen molar-refractivity contribution >= 4 is 21.6 Å². The number of carbonyl (C=O) groups is 1. The van der Waals surface area contributed by atoms with E-state index in [9.17, 15) is 17.6 Å². The summed E-state index contributed by atoms with van der Waals surface area (Å²) >= 11 is 0. The lowest BCUT2D eigenvalue weighted by Crippen LogP contribution is -2.48. The van der Waals surface area contributed by atoms with Crippen molar-refractivity contribution in [3.05, 3.63) is 90.0 Å². The summed E-state index contributed by atoms with van der Waals surface area (Å²) in [5.41, 5.74) is 1.84. The molecule has 172 valence electrons. The number of sulfonamides is 1. The van der Waals surface area contributed by atoms with E-state index < -0.39 is 10.0 Å². The van der Waals surface area contributed by atoms with Crippen LogP contribution in [-0.4, -0.2) is 49.8 Å². The molecule has 9 heteroatoms. The number of aromatic nitrogens is 1.